The minimum absolute atomic E-state index is 0.188. The number of anilines is 1. The van der Waals surface area contributed by atoms with Gasteiger partial charge in [-0.15, -0.1) is 0 Å². The highest BCUT2D eigenvalue weighted by atomic mass is 32.2. The standard InChI is InChI=1S/C14H21N3O2S/c1-9-4-5-10(13(18)16-2)8-12(9)17-14(19)11(15)6-7-20-3/h4-5,8,11H,6-7,15H2,1-3H3,(H,16,18)(H,17,19)/t11-/m1/s1. The number of benzene rings is 1. The first-order valence-electron chi connectivity index (χ1n) is 6.37. The zero-order chi connectivity index (χ0) is 15.1. The topological polar surface area (TPSA) is 84.2 Å². The summed E-state index contributed by atoms with van der Waals surface area (Å²) in [5.41, 5.74) is 7.84. The van der Waals surface area contributed by atoms with Crippen molar-refractivity contribution in [3.8, 4) is 0 Å². The quantitative estimate of drug-likeness (QED) is 0.740. The number of carbonyl (C=O) groups is 2. The number of aryl methyl sites for hydroxylation is 1. The molecule has 1 aromatic rings. The molecule has 1 rings (SSSR count). The molecule has 0 saturated heterocycles. The van der Waals surface area contributed by atoms with Gasteiger partial charge in [0.05, 0.1) is 6.04 Å². The van der Waals surface area contributed by atoms with E-state index in [-0.39, 0.29) is 11.8 Å². The molecule has 20 heavy (non-hydrogen) atoms. The van der Waals surface area contributed by atoms with Crippen molar-refractivity contribution in [1.29, 1.82) is 0 Å². The monoisotopic (exact) mass is 295 g/mol. The van der Waals surface area contributed by atoms with Gasteiger partial charge in [-0.2, -0.15) is 11.8 Å². The van der Waals surface area contributed by atoms with Crippen molar-refractivity contribution in [1.82, 2.24) is 5.32 Å². The van der Waals surface area contributed by atoms with Crippen molar-refractivity contribution in [2.45, 2.75) is 19.4 Å². The smallest absolute Gasteiger partial charge is 0.251 e. The van der Waals surface area contributed by atoms with E-state index >= 15 is 0 Å². The van der Waals surface area contributed by atoms with Gasteiger partial charge in [0.15, 0.2) is 0 Å². The molecule has 110 valence electrons. The number of amides is 2. The van der Waals surface area contributed by atoms with Crippen LogP contribution in [-0.4, -0.2) is 36.9 Å². The SMILES string of the molecule is CNC(=O)c1ccc(C)c(NC(=O)[C@H](N)CCSC)c1. The molecule has 4 N–H and O–H groups in total. The fraction of sp³-hybridized carbons (Fsp3) is 0.429. The lowest BCUT2D eigenvalue weighted by Gasteiger charge is -2.14. The molecular formula is C14H21N3O2S. The van der Waals surface area contributed by atoms with Gasteiger partial charge in [-0.25, -0.2) is 0 Å². The molecule has 0 aliphatic heterocycles. The molecule has 0 radical (unpaired) electrons. The van der Waals surface area contributed by atoms with Crippen LogP contribution in [0.2, 0.25) is 0 Å². The fourth-order valence-electron chi connectivity index (χ4n) is 1.64. The second-order valence-corrected chi connectivity index (χ2v) is 5.47. The Morgan fingerprint density at radius 3 is 2.70 bits per heavy atom. The zero-order valence-electron chi connectivity index (χ0n) is 12.0. The van der Waals surface area contributed by atoms with Gasteiger partial charge in [0, 0.05) is 18.3 Å². The highest BCUT2D eigenvalue weighted by molar-refractivity contribution is 7.98. The summed E-state index contributed by atoms with van der Waals surface area (Å²) in [6, 6.07) is 4.64. The van der Waals surface area contributed by atoms with Crippen LogP contribution in [-0.2, 0) is 4.79 Å². The highest BCUT2D eigenvalue weighted by Gasteiger charge is 2.15. The molecule has 0 spiro atoms. The van der Waals surface area contributed by atoms with Crippen LogP contribution in [0.4, 0.5) is 5.69 Å². The maximum atomic E-state index is 12.0. The van der Waals surface area contributed by atoms with Gasteiger partial charge < -0.3 is 16.4 Å². The number of thioether (sulfide) groups is 1. The summed E-state index contributed by atoms with van der Waals surface area (Å²) in [5, 5.41) is 5.34. The first kappa shape index (κ1) is 16.5. The van der Waals surface area contributed by atoms with Crippen LogP contribution < -0.4 is 16.4 Å². The molecule has 2 amide bonds. The van der Waals surface area contributed by atoms with Crippen LogP contribution in [0.3, 0.4) is 0 Å². The van der Waals surface area contributed by atoms with Gasteiger partial charge >= 0.3 is 0 Å². The van der Waals surface area contributed by atoms with E-state index in [1.54, 1.807) is 37.0 Å². The molecule has 0 aliphatic carbocycles. The average molecular weight is 295 g/mol. The minimum Gasteiger partial charge on any atom is -0.355 e. The third kappa shape index (κ3) is 4.54. The first-order chi connectivity index (χ1) is 9.49. The Labute approximate surface area is 123 Å². The average Bonchev–Trinajstić information content (AvgIpc) is 2.45. The Kier molecular flexibility index (Phi) is 6.54. The van der Waals surface area contributed by atoms with Gasteiger partial charge in [-0.1, -0.05) is 6.07 Å². The van der Waals surface area contributed by atoms with Crippen molar-refractivity contribution in [3.05, 3.63) is 29.3 Å². The molecule has 0 heterocycles. The van der Waals surface area contributed by atoms with Gasteiger partial charge in [0.2, 0.25) is 5.91 Å². The van der Waals surface area contributed by atoms with E-state index in [9.17, 15) is 9.59 Å². The van der Waals surface area contributed by atoms with Gasteiger partial charge in [0.1, 0.15) is 0 Å². The normalized spacial score (nSPS) is 11.8. The number of nitrogens with two attached hydrogens (primary N) is 1. The maximum Gasteiger partial charge on any atom is 0.251 e. The van der Waals surface area contributed by atoms with E-state index in [2.05, 4.69) is 10.6 Å². The Bertz CT molecular complexity index is 491. The van der Waals surface area contributed by atoms with Crippen molar-refractivity contribution >= 4 is 29.3 Å². The molecule has 0 fully saturated rings. The number of nitrogens with one attached hydrogen (secondary N) is 2. The van der Waals surface area contributed by atoms with E-state index in [0.717, 1.165) is 11.3 Å². The molecule has 5 nitrogen and oxygen atoms in total. The number of rotatable bonds is 6. The number of hydrogen-bond donors (Lipinski definition) is 3. The summed E-state index contributed by atoms with van der Waals surface area (Å²) < 4.78 is 0. The van der Waals surface area contributed by atoms with Crippen LogP contribution in [0.15, 0.2) is 18.2 Å². The van der Waals surface area contributed by atoms with Crippen molar-refractivity contribution in [2.24, 2.45) is 5.73 Å². The van der Waals surface area contributed by atoms with Crippen LogP contribution >= 0.6 is 11.8 Å². The fourth-order valence-corrected chi connectivity index (χ4v) is 2.13. The third-order valence-corrected chi connectivity index (χ3v) is 3.60. The van der Waals surface area contributed by atoms with Crippen LogP contribution in [0.25, 0.3) is 0 Å². The third-order valence-electron chi connectivity index (χ3n) is 2.95. The second-order valence-electron chi connectivity index (χ2n) is 4.49. The van der Waals surface area contributed by atoms with Crippen molar-refractivity contribution in [2.75, 3.05) is 24.4 Å². The highest BCUT2D eigenvalue weighted by Crippen LogP contribution is 2.17. The van der Waals surface area contributed by atoms with E-state index < -0.39 is 6.04 Å². The number of hydrogen-bond acceptors (Lipinski definition) is 4. The van der Waals surface area contributed by atoms with Gasteiger partial charge in [-0.3, -0.25) is 9.59 Å². The minimum atomic E-state index is -0.537. The summed E-state index contributed by atoms with van der Waals surface area (Å²) in [6.07, 6.45) is 2.60. The van der Waals surface area contributed by atoms with E-state index in [1.165, 1.54) is 0 Å². The lowest BCUT2D eigenvalue weighted by atomic mass is 10.1. The Balaban J connectivity index is 2.80. The summed E-state index contributed by atoms with van der Waals surface area (Å²) in [6.45, 7) is 1.87. The Morgan fingerprint density at radius 2 is 2.10 bits per heavy atom. The van der Waals surface area contributed by atoms with Crippen LogP contribution in [0.5, 0.6) is 0 Å². The summed E-state index contributed by atoms with van der Waals surface area (Å²) in [7, 11) is 1.57. The molecule has 0 aliphatic rings. The molecular weight excluding hydrogens is 274 g/mol. The lowest BCUT2D eigenvalue weighted by Crippen LogP contribution is -2.36. The lowest BCUT2D eigenvalue weighted by molar-refractivity contribution is -0.117. The van der Waals surface area contributed by atoms with Crippen molar-refractivity contribution in [3.63, 3.8) is 0 Å². The second kappa shape index (κ2) is 7.91. The van der Waals surface area contributed by atoms with E-state index in [0.29, 0.717) is 17.7 Å². The van der Waals surface area contributed by atoms with Gasteiger partial charge in [0.25, 0.3) is 5.91 Å². The predicted molar refractivity (Wildman–Crippen MR) is 84.2 cm³/mol. The van der Waals surface area contributed by atoms with E-state index in [1.807, 2.05) is 13.2 Å². The molecule has 0 unspecified atom stereocenters. The largest absolute Gasteiger partial charge is 0.355 e. The summed E-state index contributed by atoms with van der Waals surface area (Å²) in [4.78, 5) is 23.6. The first-order valence-corrected chi connectivity index (χ1v) is 7.77. The zero-order valence-corrected chi connectivity index (χ0v) is 12.8. The maximum absolute atomic E-state index is 12.0. The Hall–Kier alpha value is -1.53. The molecule has 1 aromatic carbocycles. The summed E-state index contributed by atoms with van der Waals surface area (Å²) >= 11 is 1.65. The summed E-state index contributed by atoms with van der Waals surface area (Å²) in [5.74, 6) is 0.426. The molecule has 6 heteroatoms. The van der Waals surface area contributed by atoms with Gasteiger partial charge in [-0.05, 0) is 43.0 Å². The van der Waals surface area contributed by atoms with Crippen molar-refractivity contribution < 1.29 is 9.59 Å². The molecule has 0 saturated carbocycles. The predicted octanol–water partition coefficient (Wildman–Crippen LogP) is 1.37. The molecule has 1 atom stereocenters. The van der Waals surface area contributed by atoms with Crippen LogP contribution in [0.1, 0.15) is 22.3 Å². The van der Waals surface area contributed by atoms with E-state index in [4.69, 9.17) is 5.73 Å². The number of carbonyl (C=O) groups excluding carboxylic acids is 2. The molecule has 0 aromatic heterocycles. The Morgan fingerprint density at radius 1 is 1.40 bits per heavy atom. The molecule has 0 bridgehead atoms. The van der Waals surface area contributed by atoms with Crippen LogP contribution in [0, 0.1) is 6.92 Å².